The average molecular weight is 284 g/mol. The van der Waals surface area contributed by atoms with Gasteiger partial charge in [0, 0.05) is 39.1 Å². The summed E-state index contributed by atoms with van der Waals surface area (Å²) in [5, 5.41) is 0. The van der Waals surface area contributed by atoms with Crippen LogP contribution in [0.1, 0.15) is 32.6 Å². The molecule has 1 heterocycles. The van der Waals surface area contributed by atoms with Crippen molar-refractivity contribution in [2.75, 3.05) is 33.2 Å². The number of rotatable bonds is 7. The van der Waals surface area contributed by atoms with Gasteiger partial charge in [-0.25, -0.2) is 0 Å². The summed E-state index contributed by atoms with van der Waals surface area (Å²) in [6.07, 6.45) is 3.13. The minimum Gasteiger partial charge on any atom is -0.369 e. The number of hydrogen-bond donors (Lipinski definition) is 2. The number of carbonyl (C=O) groups is 2. The van der Waals surface area contributed by atoms with Gasteiger partial charge in [0.1, 0.15) is 0 Å². The number of primary amides is 1. The van der Waals surface area contributed by atoms with Crippen molar-refractivity contribution in [1.29, 1.82) is 0 Å². The highest BCUT2D eigenvalue weighted by Crippen LogP contribution is 2.21. The monoisotopic (exact) mass is 284 g/mol. The Morgan fingerprint density at radius 3 is 2.65 bits per heavy atom. The molecule has 0 aromatic rings. The number of amides is 2. The molecule has 2 unspecified atom stereocenters. The molecule has 0 aromatic carbocycles. The Morgan fingerprint density at radius 1 is 1.35 bits per heavy atom. The molecule has 4 N–H and O–H groups in total. The molecule has 6 nitrogen and oxygen atoms in total. The first-order valence-corrected chi connectivity index (χ1v) is 7.43. The van der Waals surface area contributed by atoms with Gasteiger partial charge in [-0.3, -0.25) is 14.5 Å². The Bertz CT molecular complexity index is 335. The van der Waals surface area contributed by atoms with Gasteiger partial charge in [0.2, 0.25) is 11.8 Å². The molecule has 0 bridgehead atoms. The van der Waals surface area contributed by atoms with Crippen LogP contribution in [-0.4, -0.2) is 60.9 Å². The lowest BCUT2D eigenvalue weighted by atomic mass is 9.93. The molecule has 1 aliphatic rings. The van der Waals surface area contributed by atoms with Gasteiger partial charge in [-0.2, -0.15) is 0 Å². The molecule has 0 aliphatic carbocycles. The van der Waals surface area contributed by atoms with Crippen LogP contribution >= 0.6 is 0 Å². The largest absolute Gasteiger partial charge is 0.369 e. The molecular formula is C14H28N4O2. The number of piperidine rings is 1. The van der Waals surface area contributed by atoms with Crippen molar-refractivity contribution in [2.24, 2.45) is 17.4 Å². The van der Waals surface area contributed by atoms with E-state index >= 15 is 0 Å². The van der Waals surface area contributed by atoms with Crippen molar-refractivity contribution in [1.82, 2.24) is 9.80 Å². The van der Waals surface area contributed by atoms with Crippen molar-refractivity contribution >= 4 is 11.8 Å². The lowest BCUT2D eigenvalue weighted by Gasteiger charge is -2.36. The lowest BCUT2D eigenvalue weighted by Crippen LogP contribution is -2.47. The Balaban J connectivity index is 2.38. The highest BCUT2D eigenvalue weighted by atomic mass is 16.2. The van der Waals surface area contributed by atoms with Crippen LogP contribution in [0.15, 0.2) is 0 Å². The summed E-state index contributed by atoms with van der Waals surface area (Å²) in [6, 6.07) is 0.410. The topological polar surface area (TPSA) is 92.7 Å². The van der Waals surface area contributed by atoms with Gasteiger partial charge < -0.3 is 16.4 Å². The van der Waals surface area contributed by atoms with E-state index < -0.39 is 0 Å². The second-order valence-corrected chi connectivity index (χ2v) is 5.73. The van der Waals surface area contributed by atoms with E-state index in [-0.39, 0.29) is 17.7 Å². The van der Waals surface area contributed by atoms with Crippen LogP contribution in [0.4, 0.5) is 0 Å². The molecule has 20 heavy (non-hydrogen) atoms. The normalized spacial score (nSPS) is 23.6. The van der Waals surface area contributed by atoms with Crippen LogP contribution in [0.25, 0.3) is 0 Å². The van der Waals surface area contributed by atoms with E-state index in [1.54, 1.807) is 4.90 Å². The lowest BCUT2D eigenvalue weighted by molar-refractivity contribution is -0.130. The summed E-state index contributed by atoms with van der Waals surface area (Å²) in [4.78, 5) is 27.2. The predicted molar refractivity (Wildman–Crippen MR) is 78.9 cm³/mol. The molecule has 1 fully saturated rings. The average Bonchev–Trinajstić information content (AvgIpc) is 2.43. The molecule has 2 atom stereocenters. The van der Waals surface area contributed by atoms with E-state index in [2.05, 4.69) is 11.8 Å². The zero-order valence-electron chi connectivity index (χ0n) is 12.7. The fourth-order valence-corrected chi connectivity index (χ4v) is 2.61. The summed E-state index contributed by atoms with van der Waals surface area (Å²) >= 11 is 0. The molecule has 116 valence electrons. The van der Waals surface area contributed by atoms with Crippen LogP contribution in [0.3, 0.4) is 0 Å². The molecule has 0 aromatic heterocycles. The minimum absolute atomic E-state index is 0.0729. The Kier molecular flexibility index (Phi) is 6.95. The smallest absolute Gasteiger partial charge is 0.223 e. The van der Waals surface area contributed by atoms with Crippen molar-refractivity contribution < 1.29 is 9.59 Å². The third-order valence-corrected chi connectivity index (χ3v) is 4.15. The second kappa shape index (κ2) is 8.21. The van der Waals surface area contributed by atoms with Gasteiger partial charge in [-0.15, -0.1) is 0 Å². The van der Waals surface area contributed by atoms with Crippen molar-refractivity contribution in [3.63, 3.8) is 0 Å². The van der Waals surface area contributed by atoms with Gasteiger partial charge in [0.15, 0.2) is 0 Å². The Labute approximate surface area is 121 Å². The third kappa shape index (κ3) is 5.09. The fourth-order valence-electron chi connectivity index (χ4n) is 2.61. The molecule has 0 radical (unpaired) electrons. The standard InChI is InChI=1S/C14H28N4O2/c1-11-4-5-12(14(16)20)10-18(11)9-6-13(19)17(2)8-3-7-15/h11-12H,3-10,15H2,1-2H3,(H2,16,20). The summed E-state index contributed by atoms with van der Waals surface area (Å²) in [5.74, 6) is -0.170. The molecule has 1 saturated heterocycles. The first-order valence-electron chi connectivity index (χ1n) is 7.43. The zero-order chi connectivity index (χ0) is 15.1. The van der Waals surface area contributed by atoms with Crippen LogP contribution in [-0.2, 0) is 9.59 Å². The Morgan fingerprint density at radius 2 is 2.05 bits per heavy atom. The summed E-state index contributed by atoms with van der Waals surface area (Å²) in [7, 11) is 1.81. The third-order valence-electron chi connectivity index (χ3n) is 4.15. The van der Waals surface area contributed by atoms with Gasteiger partial charge in [0.05, 0.1) is 5.92 Å². The molecule has 0 spiro atoms. The quantitative estimate of drug-likeness (QED) is 0.675. The van der Waals surface area contributed by atoms with Gasteiger partial charge in [0.25, 0.3) is 0 Å². The fraction of sp³-hybridized carbons (Fsp3) is 0.857. The van der Waals surface area contributed by atoms with Crippen LogP contribution < -0.4 is 11.5 Å². The summed E-state index contributed by atoms with van der Waals surface area (Å²) < 4.78 is 0. The maximum Gasteiger partial charge on any atom is 0.223 e. The zero-order valence-corrected chi connectivity index (χ0v) is 12.7. The number of nitrogens with two attached hydrogens (primary N) is 2. The second-order valence-electron chi connectivity index (χ2n) is 5.73. The first kappa shape index (κ1) is 16.9. The number of likely N-dealkylation sites (tertiary alicyclic amines) is 1. The SMILES string of the molecule is CC1CCC(C(N)=O)CN1CCC(=O)N(C)CCCN. The summed E-state index contributed by atoms with van der Waals surface area (Å²) in [6.45, 7) is 4.81. The first-order chi connectivity index (χ1) is 9.45. The molecule has 1 aliphatic heterocycles. The minimum atomic E-state index is -0.228. The van der Waals surface area contributed by atoms with E-state index in [4.69, 9.17) is 11.5 Å². The van der Waals surface area contributed by atoms with Crippen LogP contribution in [0, 0.1) is 5.92 Å². The molecule has 1 rings (SSSR count). The molecule has 6 heteroatoms. The van der Waals surface area contributed by atoms with Gasteiger partial charge in [-0.05, 0) is 32.7 Å². The Hall–Kier alpha value is -1.14. The van der Waals surface area contributed by atoms with E-state index in [9.17, 15) is 9.59 Å². The van der Waals surface area contributed by atoms with Crippen molar-refractivity contribution in [3.05, 3.63) is 0 Å². The van der Waals surface area contributed by atoms with Crippen LogP contribution in [0.5, 0.6) is 0 Å². The summed E-state index contributed by atoms with van der Waals surface area (Å²) in [5.41, 5.74) is 10.8. The number of nitrogens with zero attached hydrogens (tertiary/aromatic N) is 2. The van der Waals surface area contributed by atoms with E-state index in [0.29, 0.717) is 38.6 Å². The highest BCUT2D eigenvalue weighted by Gasteiger charge is 2.28. The highest BCUT2D eigenvalue weighted by molar-refractivity contribution is 5.77. The molecular weight excluding hydrogens is 256 g/mol. The number of carbonyl (C=O) groups excluding carboxylic acids is 2. The number of hydrogen-bond acceptors (Lipinski definition) is 4. The van der Waals surface area contributed by atoms with Gasteiger partial charge >= 0.3 is 0 Å². The van der Waals surface area contributed by atoms with E-state index in [1.807, 2.05) is 7.05 Å². The predicted octanol–water partition coefficient (Wildman–Crippen LogP) is -0.230. The van der Waals surface area contributed by atoms with E-state index in [0.717, 1.165) is 19.3 Å². The van der Waals surface area contributed by atoms with Crippen molar-refractivity contribution in [2.45, 2.75) is 38.6 Å². The maximum absolute atomic E-state index is 12.0. The maximum atomic E-state index is 12.0. The molecule has 2 amide bonds. The van der Waals surface area contributed by atoms with Crippen LogP contribution in [0.2, 0.25) is 0 Å². The van der Waals surface area contributed by atoms with Gasteiger partial charge in [-0.1, -0.05) is 0 Å². The van der Waals surface area contributed by atoms with Crippen molar-refractivity contribution in [3.8, 4) is 0 Å². The van der Waals surface area contributed by atoms with E-state index in [1.165, 1.54) is 0 Å². The molecule has 0 saturated carbocycles.